The van der Waals surface area contributed by atoms with Gasteiger partial charge >= 0.3 is 0 Å². The van der Waals surface area contributed by atoms with Crippen LogP contribution in [0.25, 0.3) is 0 Å². The highest BCUT2D eigenvalue weighted by molar-refractivity contribution is 5.86. The third kappa shape index (κ3) is 1.83. The van der Waals surface area contributed by atoms with Gasteiger partial charge in [-0.1, -0.05) is 26.7 Å². The zero-order chi connectivity index (χ0) is 12.7. The topological polar surface area (TPSA) is 73.1 Å². The minimum absolute atomic E-state index is 0.00387. The third-order valence-corrected chi connectivity index (χ3v) is 4.63. The van der Waals surface area contributed by atoms with Gasteiger partial charge in [-0.15, -0.1) is 0 Å². The molecule has 4 nitrogen and oxygen atoms in total. The average molecular weight is 236 g/mol. The van der Waals surface area contributed by atoms with Crippen molar-refractivity contribution >= 4 is 5.91 Å². The number of nitrogens with zero attached hydrogens (tertiary/aromatic N) is 1. The molecule has 2 atom stereocenters. The Kier molecular flexibility index (Phi) is 2.90. The van der Waals surface area contributed by atoms with Gasteiger partial charge in [0.05, 0.1) is 12.2 Å². The number of aliphatic hydroxyl groups excluding tert-OH is 1. The van der Waals surface area contributed by atoms with Crippen molar-refractivity contribution in [2.24, 2.45) is 10.8 Å². The molecule has 0 aromatic carbocycles. The van der Waals surface area contributed by atoms with E-state index in [4.69, 9.17) is 0 Å². The molecule has 0 aliphatic heterocycles. The van der Waals surface area contributed by atoms with Crippen LogP contribution < -0.4 is 5.32 Å². The minimum atomic E-state index is -0.809. The highest BCUT2D eigenvalue weighted by atomic mass is 16.3. The van der Waals surface area contributed by atoms with Crippen LogP contribution in [-0.2, 0) is 4.79 Å². The van der Waals surface area contributed by atoms with Crippen LogP contribution in [0.2, 0.25) is 0 Å². The summed E-state index contributed by atoms with van der Waals surface area (Å²) in [6.45, 7) is 3.89. The first-order valence-corrected chi connectivity index (χ1v) is 6.33. The normalized spacial score (nSPS) is 33.5. The largest absolute Gasteiger partial charge is 0.392 e. The van der Waals surface area contributed by atoms with Crippen LogP contribution in [0, 0.1) is 22.2 Å². The van der Waals surface area contributed by atoms with Crippen LogP contribution in [0.3, 0.4) is 0 Å². The van der Waals surface area contributed by atoms with Gasteiger partial charge in [0.15, 0.2) is 0 Å². The number of hydrogen-bond donors (Lipinski definition) is 2. The fourth-order valence-corrected chi connectivity index (χ4v) is 2.81. The van der Waals surface area contributed by atoms with E-state index in [1.54, 1.807) is 0 Å². The first kappa shape index (κ1) is 12.4. The van der Waals surface area contributed by atoms with E-state index in [9.17, 15) is 15.2 Å². The van der Waals surface area contributed by atoms with Gasteiger partial charge in [0, 0.05) is 11.5 Å². The number of carbonyl (C=O) groups excluding carboxylic acids is 1. The lowest BCUT2D eigenvalue weighted by molar-refractivity contribution is -0.136. The van der Waals surface area contributed by atoms with Crippen LogP contribution >= 0.6 is 0 Å². The molecule has 1 amide bonds. The van der Waals surface area contributed by atoms with Gasteiger partial charge in [-0.25, -0.2) is 0 Å². The van der Waals surface area contributed by atoms with Crippen molar-refractivity contribution in [3.05, 3.63) is 0 Å². The summed E-state index contributed by atoms with van der Waals surface area (Å²) in [6, 6.07) is 2.19. The Morgan fingerprint density at radius 1 is 1.41 bits per heavy atom. The number of aliphatic hydroxyl groups is 1. The second kappa shape index (κ2) is 3.99. The van der Waals surface area contributed by atoms with Gasteiger partial charge in [-0.2, -0.15) is 5.26 Å². The highest BCUT2D eigenvalue weighted by Gasteiger charge is 2.50. The fraction of sp³-hybridized carbons (Fsp3) is 0.846. The van der Waals surface area contributed by atoms with Crippen molar-refractivity contribution in [1.82, 2.24) is 5.32 Å². The van der Waals surface area contributed by atoms with E-state index in [0.717, 1.165) is 12.8 Å². The second-order valence-electron chi connectivity index (χ2n) is 6.00. The molecule has 0 radical (unpaired) electrons. The van der Waals surface area contributed by atoms with E-state index < -0.39 is 5.41 Å². The number of nitriles is 1. The van der Waals surface area contributed by atoms with Gasteiger partial charge in [0.1, 0.15) is 5.41 Å². The quantitative estimate of drug-likeness (QED) is 0.760. The van der Waals surface area contributed by atoms with Crippen molar-refractivity contribution < 1.29 is 9.90 Å². The van der Waals surface area contributed by atoms with Gasteiger partial charge < -0.3 is 10.4 Å². The Hall–Kier alpha value is -1.08. The van der Waals surface area contributed by atoms with E-state index in [1.807, 2.05) is 13.8 Å². The summed E-state index contributed by atoms with van der Waals surface area (Å²) in [5.74, 6) is -0.137. The smallest absolute Gasteiger partial charge is 0.240 e. The molecular formula is C13H20N2O2. The maximum absolute atomic E-state index is 12.2. The van der Waals surface area contributed by atoms with Crippen LogP contribution in [0.15, 0.2) is 0 Å². The van der Waals surface area contributed by atoms with E-state index >= 15 is 0 Å². The Morgan fingerprint density at radius 2 is 2.00 bits per heavy atom. The molecule has 2 N–H and O–H groups in total. The second-order valence-corrected chi connectivity index (χ2v) is 6.00. The van der Waals surface area contributed by atoms with Crippen LogP contribution in [0.1, 0.15) is 46.0 Å². The maximum atomic E-state index is 12.2. The van der Waals surface area contributed by atoms with Crippen LogP contribution in [0.5, 0.6) is 0 Å². The molecule has 17 heavy (non-hydrogen) atoms. The molecule has 0 spiro atoms. The lowest BCUT2D eigenvalue weighted by atomic mass is 9.64. The van der Waals surface area contributed by atoms with Gasteiger partial charge in [-0.05, 0) is 19.3 Å². The molecule has 0 aromatic heterocycles. The molecule has 0 aromatic rings. The molecule has 2 rings (SSSR count). The van der Waals surface area contributed by atoms with Crippen molar-refractivity contribution in [2.45, 2.75) is 58.1 Å². The molecule has 4 heteroatoms. The number of hydrogen-bond acceptors (Lipinski definition) is 3. The van der Waals surface area contributed by atoms with Crippen molar-refractivity contribution in [1.29, 1.82) is 5.26 Å². The SMILES string of the molecule is CC1(C)C(O)CC1NC(=O)C1(C#N)CCCC1. The summed E-state index contributed by atoms with van der Waals surface area (Å²) in [5.41, 5.74) is -1.08. The van der Waals surface area contributed by atoms with Gasteiger partial charge in [0.25, 0.3) is 0 Å². The molecule has 2 aliphatic carbocycles. The van der Waals surface area contributed by atoms with Gasteiger partial charge in [-0.3, -0.25) is 4.79 Å². The lowest BCUT2D eigenvalue weighted by Crippen LogP contribution is -2.62. The number of carbonyl (C=O) groups is 1. The summed E-state index contributed by atoms with van der Waals surface area (Å²) in [7, 11) is 0. The molecule has 2 saturated carbocycles. The number of nitrogens with one attached hydrogen (secondary N) is 1. The fourth-order valence-electron chi connectivity index (χ4n) is 2.81. The average Bonchev–Trinajstić information content (AvgIpc) is 2.78. The summed E-state index contributed by atoms with van der Waals surface area (Å²) in [5, 5.41) is 21.8. The monoisotopic (exact) mass is 236 g/mol. The zero-order valence-electron chi connectivity index (χ0n) is 10.5. The number of amides is 1. The summed E-state index contributed by atoms with van der Waals surface area (Å²) in [6.07, 6.45) is 3.50. The molecule has 94 valence electrons. The standard InChI is InChI=1S/C13H20N2O2/c1-12(2)9(7-10(12)16)15-11(17)13(8-14)5-3-4-6-13/h9-10,16H,3-7H2,1-2H3,(H,15,17). The van der Waals surface area contributed by atoms with Crippen LogP contribution in [-0.4, -0.2) is 23.2 Å². The zero-order valence-corrected chi connectivity index (χ0v) is 10.5. The van der Waals surface area contributed by atoms with Gasteiger partial charge in [0.2, 0.25) is 5.91 Å². The predicted octanol–water partition coefficient (Wildman–Crippen LogP) is 1.35. The van der Waals surface area contributed by atoms with Crippen molar-refractivity contribution in [3.63, 3.8) is 0 Å². The minimum Gasteiger partial charge on any atom is -0.392 e. The van der Waals surface area contributed by atoms with E-state index in [-0.39, 0.29) is 23.5 Å². The van der Waals surface area contributed by atoms with Crippen molar-refractivity contribution in [3.8, 4) is 6.07 Å². The Labute approximate surface area is 102 Å². The maximum Gasteiger partial charge on any atom is 0.240 e. The van der Waals surface area contributed by atoms with Crippen molar-refractivity contribution in [2.75, 3.05) is 0 Å². The lowest BCUT2D eigenvalue weighted by Gasteiger charge is -2.50. The molecule has 2 aliphatic rings. The molecule has 2 unspecified atom stereocenters. The molecular weight excluding hydrogens is 216 g/mol. The molecule has 0 bridgehead atoms. The highest BCUT2D eigenvalue weighted by Crippen LogP contribution is 2.42. The molecule has 2 fully saturated rings. The summed E-state index contributed by atoms with van der Waals surface area (Å²) in [4.78, 5) is 12.2. The third-order valence-electron chi connectivity index (χ3n) is 4.63. The molecule has 0 heterocycles. The summed E-state index contributed by atoms with van der Waals surface area (Å²) < 4.78 is 0. The Morgan fingerprint density at radius 3 is 2.41 bits per heavy atom. The van der Waals surface area contributed by atoms with Crippen LogP contribution in [0.4, 0.5) is 0 Å². The Balaban J connectivity index is 2.01. The number of rotatable bonds is 2. The predicted molar refractivity (Wildman–Crippen MR) is 62.8 cm³/mol. The van der Waals surface area contributed by atoms with E-state index in [2.05, 4.69) is 11.4 Å². The van der Waals surface area contributed by atoms with E-state index in [0.29, 0.717) is 19.3 Å². The van der Waals surface area contributed by atoms with E-state index in [1.165, 1.54) is 0 Å². The first-order valence-electron chi connectivity index (χ1n) is 6.33. The Bertz CT molecular complexity index is 364. The summed E-state index contributed by atoms with van der Waals surface area (Å²) >= 11 is 0. The first-order chi connectivity index (χ1) is 7.92. The molecule has 0 saturated heterocycles.